The maximum atomic E-state index is 13.0. The number of rotatable bonds is 8. The lowest BCUT2D eigenvalue weighted by atomic mass is 9.98. The Labute approximate surface area is 193 Å². The predicted molar refractivity (Wildman–Crippen MR) is 115 cm³/mol. The van der Waals surface area contributed by atoms with Crippen molar-refractivity contribution < 1.29 is 37.4 Å². The zero-order valence-electron chi connectivity index (χ0n) is 18.0. The Balaban J connectivity index is 1.42. The number of ether oxygens (including phenoxy) is 1. The highest BCUT2D eigenvalue weighted by atomic mass is 19.4. The smallest absolute Gasteiger partial charge is 0.419 e. The van der Waals surface area contributed by atoms with Crippen LogP contribution in [0.5, 0.6) is 0 Å². The van der Waals surface area contributed by atoms with E-state index in [-0.39, 0.29) is 24.9 Å². The quantitative estimate of drug-likeness (QED) is 0.537. The van der Waals surface area contributed by atoms with Gasteiger partial charge in [-0.25, -0.2) is 9.59 Å². The van der Waals surface area contributed by atoms with Gasteiger partial charge in [0, 0.05) is 5.92 Å². The first-order valence-electron chi connectivity index (χ1n) is 10.9. The molecule has 0 bridgehead atoms. The fraction of sp³-hybridized carbons (Fsp3) is 0.375. The molecule has 7 nitrogen and oxygen atoms in total. The molecular weight excluding hydrogens is 453 g/mol. The number of nitrogens with one attached hydrogen (secondary N) is 2. The Morgan fingerprint density at radius 2 is 1.53 bits per heavy atom. The molecule has 0 radical (unpaired) electrons. The molecule has 2 aromatic rings. The molecule has 2 atom stereocenters. The summed E-state index contributed by atoms with van der Waals surface area (Å²) in [6, 6.07) is 11.0. The van der Waals surface area contributed by atoms with Crippen LogP contribution in [0.15, 0.2) is 48.5 Å². The SMILES string of the molecule is O=C(N[C@@H](CC1CC1)C(=O)NC(C(=O)O)C(F)(F)F)OCC1c2ccccc2-c2ccccc21. The highest BCUT2D eigenvalue weighted by Gasteiger charge is 2.47. The van der Waals surface area contributed by atoms with Crippen molar-refractivity contribution in [2.24, 2.45) is 5.92 Å². The van der Waals surface area contributed by atoms with Crippen molar-refractivity contribution in [1.82, 2.24) is 10.6 Å². The van der Waals surface area contributed by atoms with Crippen molar-refractivity contribution in [3.8, 4) is 11.1 Å². The molecule has 180 valence electrons. The van der Waals surface area contributed by atoms with Crippen LogP contribution in [-0.2, 0) is 14.3 Å². The molecule has 2 amide bonds. The molecule has 2 aliphatic rings. The number of amides is 2. The summed E-state index contributed by atoms with van der Waals surface area (Å²) in [6.45, 7) is -0.0298. The van der Waals surface area contributed by atoms with E-state index >= 15 is 0 Å². The lowest BCUT2D eigenvalue weighted by Gasteiger charge is -2.23. The Hall–Kier alpha value is -3.56. The molecule has 0 aliphatic heterocycles. The van der Waals surface area contributed by atoms with Crippen LogP contribution in [0.4, 0.5) is 18.0 Å². The number of fused-ring (bicyclic) bond motifs is 3. The van der Waals surface area contributed by atoms with Crippen LogP contribution in [0.25, 0.3) is 11.1 Å². The summed E-state index contributed by atoms with van der Waals surface area (Å²) in [5.74, 6) is -3.61. The number of halogens is 3. The monoisotopic (exact) mass is 476 g/mol. The van der Waals surface area contributed by atoms with Gasteiger partial charge in [0.25, 0.3) is 0 Å². The van der Waals surface area contributed by atoms with Gasteiger partial charge >= 0.3 is 18.2 Å². The molecule has 3 N–H and O–H groups in total. The minimum atomic E-state index is -5.17. The van der Waals surface area contributed by atoms with Crippen molar-refractivity contribution in [2.75, 3.05) is 6.61 Å². The fourth-order valence-corrected chi connectivity index (χ4v) is 4.23. The molecule has 0 spiro atoms. The normalized spacial score (nSPS) is 16.7. The zero-order chi connectivity index (χ0) is 24.5. The molecule has 4 rings (SSSR count). The van der Waals surface area contributed by atoms with E-state index in [0.29, 0.717) is 0 Å². The lowest BCUT2D eigenvalue weighted by Crippen LogP contribution is -2.56. The standard InChI is InChI=1S/C24H23F3N2O5/c25-24(26,27)20(22(31)32)29-21(30)19(11-13-9-10-13)28-23(33)34-12-18-16-7-3-1-5-14(16)15-6-2-4-8-17(15)18/h1-8,13,18-20H,9-12H2,(H,28,33)(H,29,30)(H,31,32)/t19-,20?/m0/s1. The van der Waals surface area contributed by atoms with Crippen LogP contribution in [0, 0.1) is 5.92 Å². The Morgan fingerprint density at radius 3 is 2.03 bits per heavy atom. The number of carbonyl (C=O) groups excluding carboxylic acids is 2. The minimum absolute atomic E-state index is 0.0298. The van der Waals surface area contributed by atoms with Gasteiger partial charge in [-0.2, -0.15) is 13.2 Å². The molecule has 0 heterocycles. The molecule has 0 aromatic heterocycles. The van der Waals surface area contributed by atoms with Gasteiger partial charge in [-0.3, -0.25) is 4.79 Å². The van der Waals surface area contributed by atoms with E-state index in [0.717, 1.165) is 35.1 Å². The maximum absolute atomic E-state index is 13.0. The van der Waals surface area contributed by atoms with Crippen LogP contribution in [0.3, 0.4) is 0 Å². The summed E-state index contributed by atoms with van der Waals surface area (Å²) >= 11 is 0. The van der Waals surface area contributed by atoms with Crippen molar-refractivity contribution in [2.45, 2.75) is 43.4 Å². The second kappa shape index (κ2) is 9.36. The number of alkyl carbamates (subject to hydrolysis) is 1. The molecule has 34 heavy (non-hydrogen) atoms. The van der Waals surface area contributed by atoms with Gasteiger partial charge in [0.2, 0.25) is 11.9 Å². The number of carbonyl (C=O) groups is 3. The summed E-state index contributed by atoms with van der Waals surface area (Å²) < 4.78 is 44.3. The fourth-order valence-electron chi connectivity index (χ4n) is 4.23. The van der Waals surface area contributed by atoms with Gasteiger partial charge in [-0.05, 0) is 34.6 Å². The summed E-state index contributed by atoms with van der Waals surface area (Å²) in [5, 5.41) is 12.6. The van der Waals surface area contributed by atoms with E-state index < -0.39 is 36.2 Å². The van der Waals surface area contributed by atoms with E-state index in [9.17, 15) is 27.6 Å². The van der Waals surface area contributed by atoms with Gasteiger partial charge in [0.05, 0.1) is 0 Å². The third-order valence-electron chi connectivity index (χ3n) is 6.08. The molecule has 1 unspecified atom stereocenters. The zero-order valence-corrected chi connectivity index (χ0v) is 18.0. The Bertz CT molecular complexity index is 1050. The van der Waals surface area contributed by atoms with Gasteiger partial charge < -0.3 is 20.5 Å². The highest BCUT2D eigenvalue weighted by Crippen LogP contribution is 2.44. The van der Waals surface area contributed by atoms with Gasteiger partial charge in [-0.15, -0.1) is 0 Å². The van der Waals surface area contributed by atoms with E-state index in [1.807, 2.05) is 48.5 Å². The Morgan fingerprint density at radius 1 is 0.971 bits per heavy atom. The topological polar surface area (TPSA) is 105 Å². The third kappa shape index (κ3) is 5.16. The third-order valence-corrected chi connectivity index (χ3v) is 6.08. The van der Waals surface area contributed by atoms with Crippen molar-refractivity contribution in [3.63, 3.8) is 0 Å². The molecule has 0 saturated heterocycles. The summed E-state index contributed by atoms with van der Waals surface area (Å²) in [5.41, 5.74) is 4.03. The number of hydrogen-bond acceptors (Lipinski definition) is 4. The number of carboxylic acids is 1. The van der Waals surface area contributed by atoms with E-state index in [1.165, 1.54) is 5.32 Å². The number of aliphatic carboxylic acids is 1. The first kappa shape index (κ1) is 23.6. The molecule has 1 fully saturated rings. The van der Waals surface area contributed by atoms with Crippen LogP contribution >= 0.6 is 0 Å². The van der Waals surface area contributed by atoms with Gasteiger partial charge in [0.1, 0.15) is 12.6 Å². The van der Waals surface area contributed by atoms with Crippen LogP contribution in [0.1, 0.15) is 36.3 Å². The average molecular weight is 476 g/mol. The summed E-state index contributed by atoms with van der Waals surface area (Å²) in [4.78, 5) is 35.9. The van der Waals surface area contributed by atoms with Crippen LogP contribution in [0.2, 0.25) is 0 Å². The van der Waals surface area contributed by atoms with Crippen LogP contribution < -0.4 is 10.6 Å². The Kier molecular flexibility index (Phi) is 6.49. The van der Waals surface area contributed by atoms with Crippen molar-refractivity contribution in [3.05, 3.63) is 59.7 Å². The first-order chi connectivity index (χ1) is 16.1. The number of carboxylic acid groups (broad SMARTS) is 1. The molecule has 10 heteroatoms. The lowest BCUT2D eigenvalue weighted by molar-refractivity contribution is -0.182. The van der Waals surface area contributed by atoms with E-state index in [2.05, 4.69) is 5.32 Å². The average Bonchev–Trinajstić information content (AvgIpc) is 3.55. The maximum Gasteiger partial charge on any atom is 0.419 e. The molecule has 2 aromatic carbocycles. The second-order valence-corrected chi connectivity index (χ2v) is 8.52. The van der Waals surface area contributed by atoms with Gasteiger partial charge in [0.15, 0.2) is 0 Å². The van der Waals surface area contributed by atoms with E-state index in [1.54, 1.807) is 0 Å². The largest absolute Gasteiger partial charge is 0.479 e. The summed E-state index contributed by atoms with van der Waals surface area (Å²) in [6.07, 6.45) is -4.48. The first-order valence-corrected chi connectivity index (χ1v) is 10.9. The van der Waals surface area contributed by atoms with Crippen molar-refractivity contribution in [1.29, 1.82) is 0 Å². The van der Waals surface area contributed by atoms with E-state index in [4.69, 9.17) is 9.84 Å². The van der Waals surface area contributed by atoms with Crippen LogP contribution in [-0.4, -0.2) is 47.9 Å². The highest BCUT2D eigenvalue weighted by molar-refractivity contribution is 5.89. The number of hydrogen-bond donors (Lipinski definition) is 3. The number of benzene rings is 2. The minimum Gasteiger partial charge on any atom is -0.479 e. The second-order valence-electron chi connectivity index (χ2n) is 8.52. The molecule has 1 saturated carbocycles. The number of alkyl halides is 3. The van der Waals surface area contributed by atoms with Crippen molar-refractivity contribution >= 4 is 18.0 Å². The molecule has 2 aliphatic carbocycles. The summed E-state index contributed by atoms with van der Waals surface area (Å²) in [7, 11) is 0. The molecular formula is C24H23F3N2O5. The van der Waals surface area contributed by atoms with Gasteiger partial charge in [-0.1, -0.05) is 61.4 Å². The predicted octanol–water partition coefficient (Wildman–Crippen LogP) is 3.83.